The number of fused-ring (bicyclic) bond motifs is 1. The maximum atomic E-state index is 12.8. The van der Waals surface area contributed by atoms with E-state index in [1.54, 1.807) is 60.4 Å². The number of hydrazine groups is 1. The summed E-state index contributed by atoms with van der Waals surface area (Å²) in [5, 5.41) is 3.99. The molecule has 0 saturated carbocycles. The molecule has 8 nitrogen and oxygen atoms in total. The van der Waals surface area contributed by atoms with E-state index in [0.717, 1.165) is 0 Å². The first-order valence-corrected chi connectivity index (χ1v) is 9.88. The summed E-state index contributed by atoms with van der Waals surface area (Å²) in [5.74, 6) is -0.586. The van der Waals surface area contributed by atoms with E-state index in [9.17, 15) is 9.59 Å². The van der Waals surface area contributed by atoms with Crippen molar-refractivity contribution in [3.8, 4) is 0 Å². The molecule has 0 fully saturated rings. The molecule has 0 bridgehead atoms. The Bertz CT molecular complexity index is 1280. The molecule has 0 unspecified atom stereocenters. The van der Waals surface area contributed by atoms with Crippen LogP contribution in [0.1, 0.15) is 21.0 Å². The summed E-state index contributed by atoms with van der Waals surface area (Å²) < 4.78 is 1.61. The van der Waals surface area contributed by atoms with Gasteiger partial charge in [0.2, 0.25) is 0 Å². The van der Waals surface area contributed by atoms with Gasteiger partial charge in [0.25, 0.3) is 5.91 Å². The lowest BCUT2D eigenvalue weighted by Crippen LogP contribution is -2.31. The number of imidazole rings is 1. The van der Waals surface area contributed by atoms with Gasteiger partial charge in [-0.05, 0) is 24.3 Å². The second-order valence-electron chi connectivity index (χ2n) is 6.55. The quantitative estimate of drug-likeness (QED) is 0.390. The summed E-state index contributed by atoms with van der Waals surface area (Å²) in [5.41, 5.74) is 7.27. The van der Waals surface area contributed by atoms with Crippen molar-refractivity contribution in [2.75, 3.05) is 10.7 Å². The molecule has 0 aliphatic carbocycles. The topological polar surface area (TPSA) is 101 Å². The van der Waals surface area contributed by atoms with Gasteiger partial charge in [-0.3, -0.25) is 25.4 Å². The predicted octanol–water partition coefficient (Wildman–Crippen LogP) is 4.28. The van der Waals surface area contributed by atoms with E-state index in [2.05, 4.69) is 26.1 Å². The van der Waals surface area contributed by atoms with Gasteiger partial charge in [-0.15, -0.1) is 0 Å². The van der Waals surface area contributed by atoms with Crippen LogP contribution in [0.2, 0.25) is 10.0 Å². The number of carbonyl (C=O) groups excluding carboxylic acids is 2. The maximum Gasteiger partial charge on any atom is 0.305 e. The van der Waals surface area contributed by atoms with Crippen LogP contribution in [-0.4, -0.2) is 26.3 Å². The number of hydrogen-bond donors (Lipinski definition) is 3. The molecule has 0 aliphatic heterocycles. The largest absolute Gasteiger partial charge is 0.330 e. The number of aryl methyl sites for hydroxylation is 1. The Morgan fingerprint density at radius 1 is 0.903 bits per heavy atom. The minimum atomic E-state index is -0.452. The summed E-state index contributed by atoms with van der Waals surface area (Å²) in [4.78, 5) is 33.5. The highest BCUT2D eigenvalue weighted by atomic mass is 35.5. The van der Waals surface area contributed by atoms with Crippen molar-refractivity contribution in [3.63, 3.8) is 0 Å². The number of amides is 2. The molecule has 0 aliphatic rings. The fourth-order valence-electron chi connectivity index (χ4n) is 3.05. The molecule has 4 rings (SSSR count). The van der Waals surface area contributed by atoms with Crippen LogP contribution < -0.4 is 16.2 Å². The molecular weight excluding hydrogens is 439 g/mol. The molecule has 4 aromatic rings. The molecule has 2 amide bonds. The number of hydrogen-bond acceptors (Lipinski definition) is 5. The zero-order valence-corrected chi connectivity index (χ0v) is 17.7. The number of nitrogens with zero attached hydrogens (tertiary/aromatic N) is 3. The normalized spacial score (nSPS) is 10.7. The van der Waals surface area contributed by atoms with Crippen molar-refractivity contribution in [1.29, 1.82) is 0 Å². The second kappa shape index (κ2) is 8.63. The molecule has 0 radical (unpaired) electrons. The Morgan fingerprint density at radius 2 is 1.65 bits per heavy atom. The van der Waals surface area contributed by atoms with Gasteiger partial charge < -0.3 is 9.88 Å². The van der Waals surface area contributed by atoms with Gasteiger partial charge in [0.1, 0.15) is 0 Å². The smallest absolute Gasteiger partial charge is 0.305 e. The monoisotopic (exact) mass is 454 g/mol. The van der Waals surface area contributed by atoms with Crippen LogP contribution in [-0.2, 0) is 7.05 Å². The van der Waals surface area contributed by atoms with Gasteiger partial charge in [-0.2, -0.15) is 0 Å². The van der Waals surface area contributed by atoms with Crippen LogP contribution in [0.15, 0.2) is 61.1 Å². The third-order valence-electron chi connectivity index (χ3n) is 4.54. The summed E-state index contributed by atoms with van der Waals surface area (Å²) in [6.45, 7) is 0. The standard InChI is InChI=1S/C21H16Cl2N6O2/c1-29-11-10-25-19(29)21(31)28-27-15-8-9-24-18-12(15)4-2-7-16(18)26-20(30)17-13(22)5-3-6-14(17)23/h2-11H,1H3,(H,24,27)(H,26,30)(H,28,31). The summed E-state index contributed by atoms with van der Waals surface area (Å²) in [6, 6.07) is 11.9. The molecule has 0 atom stereocenters. The number of anilines is 2. The third kappa shape index (κ3) is 4.16. The number of nitrogens with one attached hydrogen (secondary N) is 3. The van der Waals surface area contributed by atoms with Crippen LogP contribution in [0.25, 0.3) is 10.9 Å². The number of aromatic nitrogens is 3. The highest BCUT2D eigenvalue weighted by molar-refractivity contribution is 6.40. The minimum absolute atomic E-state index is 0.180. The Kier molecular flexibility index (Phi) is 5.75. The molecule has 156 valence electrons. The molecule has 2 heterocycles. The van der Waals surface area contributed by atoms with Crippen LogP contribution in [0.5, 0.6) is 0 Å². The van der Waals surface area contributed by atoms with Crippen LogP contribution in [0, 0.1) is 0 Å². The summed E-state index contributed by atoms with van der Waals surface area (Å²) >= 11 is 12.3. The fraction of sp³-hybridized carbons (Fsp3) is 0.0476. The van der Waals surface area contributed by atoms with Crippen molar-refractivity contribution in [3.05, 3.63) is 82.5 Å². The van der Waals surface area contributed by atoms with Gasteiger partial charge in [0, 0.05) is 31.0 Å². The Balaban J connectivity index is 1.60. The first-order valence-electron chi connectivity index (χ1n) is 9.12. The van der Waals surface area contributed by atoms with E-state index in [0.29, 0.717) is 22.3 Å². The molecule has 3 N–H and O–H groups in total. The van der Waals surface area contributed by atoms with Crippen molar-refractivity contribution in [2.45, 2.75) is 0 Å². The number of pyridine rings is 1. The zero-order chi connectivity index (χ0) is 22.0. The van der Waals surface area contributed by atoms with Crippen molar-refractivity contribution >= 4 is 57.3 Å². The van der Waals surface area contributed by atoms with E-state index in [1.807, 2.05) is 6.07 Å². The van der Waals surface area contributed by atoms with E-state index < -0.39 is 11.8 Å². The first-order chi connectivity index (χ1) is 15.0. The lowest BCUT2D eigenvalue weighted by Gasteiger charge is -2.13. The molecule has 31 heavy (non-hydrogen) atoms. The fourth-order valence-corrected chi connectivity index (χ4v) is 3.62. The number of benzene rings is 2. The van der Waals surface area contributed by atoms with Crippen molar-refractivity contribution in [2.24, 2.45) is 7.05 Å². The molecule has 0 saturated heterocycles. The SMILES string of the molecule is Cn1ccnc1C(=O)NNc1ccnc2c(NC(=O)c3c(Cl)cccc3Cl)cccc12. The highest BCUT2D eigenvalue weighted by Crippen LogP contribution is 2.29. The van der Waals surface area contributed by atoms with E-state index in [4.69, 9.17) is 23.2 Å². The van der Waals surface area contributed by atoms with Crippen LogP contribution in [0.4, 0.5) is 11.4 Å². The molecule has 2 aromatic heterocycles. The third-order valence-corrected chi connectivity index (χ3v) is 5.17. The molecule has 2 aromatic carbocycles. The van der Waals surface area contributed by atoms with Gasteiger partial charge in [-0.25, -0.2) is 4.98 Å². The van der Waals surface area contributed by atoms with E-state index in [1.165, 1.54) is 6.20 Å². The average Bonchev–Trinajstić information content (AvgIpc) is 3.18. The average molecular weight is 455 g/mol. The number of halogens is 2. The predicted molar refractivity (Wildman–Crippen MR) is 120 cm³/mol. The lowest BCUT2D eigenvalue weighted by atomic mass is 10.1. The zero-order valence-electron chi connectivity index (χ0n) is 16.2. The molecular formula is C21H16Cl2N6O2. The Hall–Kier alpha value is -3.62. The number of carbonyl (C=O) groups is 2. The van der Waals surface area contributed by atoms with E-state index in [-0.39, 0.29) is 21.4 Å². The molecule has 10 heteroatoms. The molecule has 0 spiro atoms. The number of rotatable bonds is 5. The minimum Gasteiger partial charge on any atom is -0.330 e. The van der Waals surface area contributed by atoms with Gasteiger partial charge in [0.15, 0.2) is 5.82 Å². The van der Waals surface area contributed by atoms with Gasteiger partial charge in [-0.1, -0.05) is 41.4 Å². The van der Waals surface area contributed by atoms with Gasteiger partial charge in [0.05, 0.1) is 32.5 Å². The summed E-state index contributed by atoms with van der Waals surface area (Å²) in [7, 11) is 1.73. The first kappa shape index (κ1) is 20.6. The van der Waals surface area contributed by atoms with Crippen LogP contribution in [0.3, 0.4) is 0 Å². The number of para-hydroxylation sites is 1. The van der Waals surface area contributed by atoms with E-state index >= 15 is 0 Å². The maximum absolute atomic E-state index is 12.8. The van der Waals surface area contributed by atoms with Crippen molar-refractivity contribution < 1.29 is 9.59 Å². The lowest BCUT2D eigenvalue weighted by molar-refractivity contribution is 0.0948. The second-order valence-corrected chi connectivity index (χ2v) is 7.37. The van der Waals surface area contributed by atoms with Gasteiger partial charge >= 0.3 is 5.91 Å². The van der Waals surface area contributed by atoms with Crippen LogP contribution >= 0.6 is 23.2 Å². The summed E-state index contributed by atoms with van der Waals surface area (Å²) in [6.07, 6.45) is 4.78. The van der Waals surface area contributed by atoms with Crippen molar-refractivity contribution in [1.82, 2.24) is 20.0 Å². The Labute approximate surface area is 187 Å². The Morgan fingerprint density at radius 3 is 2.35 bits per heavy atom. The highest BCUT2D eigenvalue weighted by Gasteiger charge is 2.17.